The molecule has 2 N–H and O–H groups in total. The summed E-state index contributed by atoms with van der Waals surface area (Å²) < 4.78 is 0. The summed E-state index contributed by atoms with van der Waals surface area (Å²) in [5.41, 5.74) is 0.637. The van der Waals surface area contributed by atoms with Gasteiger partial charge in [-0.15, -0.1) is 0 Å². The zero-order chi connectivity index (χ0) is 7.56. The van der Waals surface area contributed by atoms with Gasteiger partial charge in [-0.2, -0.15) is 0 Å². The normalized spacial score (nSPS) is 9.20. The molecule has 10 heavy (non-hydrogen) atoms. The first-order chi connectivity index (χ1) is 4.72. The van der Waals surface area contributed by atoms with Crippen LogP contribution < -0.4 is 0 Å². The maximum absolute atomic E-state index is 10.3. The lowest BCUT2D eigenvalue weighted by Gasteiger charge is -1.92. The van der Waals surface area contributed by atoms with Crippen LogP contribution in [0.15, 0.2) is 24.9 Å². The highest BCUT2D eigenvalue weighted by Crippen LogP contribution is 2.07. The van der Waals surface area contributed by atoms with Crippen LogP contribution in [0, 0.1) is 0 Å². The molecule has 3 nitrogen and oxygen atoms in total. The smallest absolute Gasteiger partial charge is 0.337 e. The minimum atomic E-state index is -0.998. The molecule has 0 fully saturated rings. The molecule has 3 heteroatoms. The maximum Gasteiger partial charge on any atom is 0.337 e. The Morgan fingerprint density at radius 1 is 1.70 bits per heavy atom. The number of aliphatic carboxylic acids is 1. The number of aromatic amines is 1. The van der Waals surface area contributed by atoms with Crippen molar-refractivity contribution in [3.8, 4) is 0 Å². The van der Waals surface area contributed by atoms with Crippen molar-refractivity contribution in [1.29, 1.82) is 0 Å². The van der Waals surface area contributed by atoms with Crippen LogP contribution in [-0.2, 0) is 4.79 Å². The van der Waals surface area contributed by atoms with E-state index in [-0.39, 0.29) is 5.57 Å². The van der Waals surface area contributed by atoms with Crippen molar-refractivity contribution in [3.05, 3.63) is 30.6 Å². The fourth-order valence-electron chi connectivity index (χ4n) is 0.633. The third-order valence-electron chi connectivity index (χ3n) is 1.18. The SMILES string of the molecule is C=C(C(=O)O)c1ccc[nH]1. The fourth-order valence-corrected chi connectivity index (χ4v) is 0.633. The Morgan fingerprint density at radius 3 is 2.80 bits per heavy atom. The molecule has 0 amide bonds. The number of aromatic nitrogens is 1. The molecule has 0 aliphatic carbocycles. The molecule has 0 aromatic carbocycles. The zero-order valence-corrected chi connectivity index (χ0v) is 5.29. The molecule has 0 radical (unpaired) electrons. The van der Waals surface area contributed by atoms with Crippen molar-refractivity contribution >= 4 is 11.5 Å². The van der Waals surface area contributed by atoms with E-state index < -0.39 is 5.97 Å². The first-order valence-electron chi connectivity index (χ1n) is 2.78. The molecule has 0 atom stereocenters. The van der Waals surface area contributed by atoms with Crippen LogP contribution in [0.4, 0.5) is 0 Å². The predicted molar refractivity (Wildman–Crippen MR) is 37.5 cm³/mol. The van der Waals surface area contributed by atoms with Crippen molar-refractivity contribution in [3.63, 3.8) is 0 Å². The molecule has 0 aliphatic rings. The molecule has 0 aliphatic heterocycles. The molecule has 0 saturated heterocycles. The quantitative estimate of drug-likeness (QED) is 0.600. The van der Waals surface area contributed by atoms with E-state index in [1.165, 1.54) is 0 Å². The lowest BCUT2D eigenvalue weighted by atomic mass is 10.2. The Kier molecular flexibility index (Phi) is 1.58. The Morgan fingerprint density at radius 2 is 2.40 bits per heavy atom. The van der Waals surface area contributed by atoms with Gasteiger partial charge in [0.1, 0.15) is 0 Å². The van der Waals surface area contributed by atoms with Gasteiger partial charge in [0, 0.05) is 6.20 Å². The van der Waals surface area contributed by atoms with E-state index in [1.807, 2.05) is 0 Å². The second kappa shape index (κ2) is 2.39. The number of rotatable bonds is 2. The monoisotopic (exact) mass is 137 g/mol. The standard InChI is InChI=1S/C7H7NO2/c1-5(7(9)10)6-3-2-4-8-6/h2-4,8H,1H2,(H,9,10). The summed E-state index contributed by atoms with van der Waals surface area (Å²) in [6, 6.07) is 3.39. The summed E-state index contributed by atoms with van der Waals surface area (Å²) in [7, 11) is 0. The highest BCUT2D eigenvalue weighted by atomic mass is 16.4. The Labute approximate surface area is 58.0 Å². The van der Waals surface area contributed by atoms with Crippen molar-refractivity contribution in [2.75, 3.05) is 0 Å². The molecule has 1 aromatic heterocycles. The second-order valence-corrected chi connectivity index (χ2v) is 1.87. The maximum atomic E-state index is 10.3. The number of carboxylic acid groups (broad SMARTS) is 1. The molecule has 0 saturated carbocycles. The molecule has 0 spiro atoms. The third kappa shape index (κ3) is 1.07. The van der Waals surface area contributed by atoms with Gasteiger partial charge in [-0.3, -0.25) is 0 Å². The van der Waals surface area contributed by atoms with Crippen molar-refractivity contribution in [2.24, 2.45) is 0 Å². The fraction of sp³-hybridized carbons (Fsp3) is 0. The van der Waals surface area contributed by atoms with E-state index in [1.54, 1.807) is 18.3 Å². The lowest BCUT2D eigenvalue weighted by molar-refractivity contribution is -0.130. The number of hydrogen-bond acceptors (Lipinski definition) is 1. The third-order valence-corrected chi connectivity index (χ3v) is 1.18. The van der Waals surface area contributed by atoms with Gasteiger partial charge in [0.2, 0.25) is 0 Å². The average molecular weight is 137 g/mol. The van der Waals surface area contributed by atoms with E-state index in [0.29, 0.717) is 5.69 Å². The molecule has 1 heterocycles. The highest BCUT2D eigenvalue weighted by molar-refractivity contribution is 6.13. The minimum Gasteiger partial charge on any atom is -0.478 e. The van der Waals surface area contributed by atoms with Crippen molar-refractivity contribution in [1.82, 2.24) is 4.98 Å². The molecule has 1 aromatic rings. The van der Waals surface area contributed by atoms with Gasteiger partial charge in [-0.1, -0.05) is 6.58 Å². The van der Waals surface area contributed by atoms with E-state index >= 15 is 0 Å². The van der Waals surface area contributed by atoms with E-state index in [0.717, 1.165) is 0 Å². The van der Waals surface area contributed by atoms with E-state index in [2.05, 4.69) is 11.6 Å². The van der Waals surface area contributed by atoms with E-state index in [9.17, 15) is 4.79 Å². The van der Waals surface area contributed by atoms with Crippen LogP contribution in [0.3, 0.4) is 0 Å². The molecule has 0 unspecified atom stereocenters. The minimum absolute atomic E-state index is 0.0880. The number of hydrogen-bond donors (Lipinski definition) is 2. The first-order valence-corrected chi connectivity index (χ1v) is 2.78. The van der Waals surface area contributed by atoms with Gasteiger partial charge in [0.05, 0.1) is 11.3 Å². The summed E-state index contributed by atoms with van der Waals surface area (Å²) in [6.07, 6.45) is 1.66. The summed E-state index contributed by atoms with van der Waals surface area (Å²) in [4.78, 5) is 13.0. The summed E-state index contributed by atoms with van der Waals surface area (Å²) >= 11 is 0. The van der Waals surface area contributed by atoms with Crippen LogP contribution >= 0.6 is 0 Å². The lowest BCUT2D eigenvalue weighted by Crippen LogP contribution is -1.97. The summed E-state index contributed by atoms with van der Waals surface area (Å²) in [5, 5.41) is 8.43. The van der Waals surface area contributed by atoms with Gasteiger partial charge in [-0.05, 0) is 12.1 Å². The molecule has 1 rings (SSSR count). The van der Waals surface area contributed by atoms with Crippen LogP contribution in [0.25, 0.3) is 5.57 Å². The summed E-state index contributed by atoms with van der Waals surface area (Å²) in [5.74, 6) is -0.998. The number of H-pyrrole nitrogens is 1. The Bertz CT molecular complexity index is 249. The van der Waals surface area contributed by atoms with E-state index in [4.69, 9.17) is 5.11 Å². The highest BCUT2D eigenvalue weighted by Gasteiger charge is 2.05. The van der Waals surface area contributed by atoms with Gasteiger partial charge in [0.25, 0.3) is 0 Å². The topological polar surface area (TPSA) is 53.1 Å². The Balaban J connectivity index is 2.88. The number of nitrogens with one attached hydrogen (secondary N) is 1. The second-order valence-electron chi connectivity index (χ2n) is 1.87. The summed E-state index contributed by atoms with van der Waals surface area (Å²) in [6.45, 7) is 3.37. The van der Waals surface area contributed by atoms with Crippen molar-refractivity contribution in [2.45, 2.75) is 0 Å². The number of carbonyl (C=O) groups is 1. The van der Waals surface area contributed by atoms with Crippen LogP contribution in [0.2, 0.25) is 0 Å². The molecule has 0 bridgehead atoms. The van der Waals surface area contributed by atoms with Crippen LogP contribution in [0.1, 0.15) is 5.69 Å². The Hall–Kier alpha value is -1.51. The molecule has 52 valence electrons. The molecular formula is C7H7NO2. The van der Waals surface area contributed by atoms with Gasteiger partial charge in [-0.25, -0.2) is 4.79 Å². The van der Waals surface area contributed by atoms with Crippen molar-refractivity contribution < 1.29 is 9.90 Å². The zero-order valence-electron chi connectivity index (χ0n) is 5.29. The number of carboxylic acids is 1. The van der Waals surface area contributed by atoms with Crippen LogP contribution in [0.5, 0.6) is 0 Å². The first kappa shape index (κ1) is 6.61. The van der Waals surface area contributed by atoms with Gasteiger partial charge in [0.15, 0.2) is 0 Å². The average Bonchev–Trinajstić information content (AvgIpc) is 2.36. The van der Waals surface area contributed by atoms with Crippen LogP contribution in [-0.4, -0.2) is 16.1 Å². The predicted octanol–water partition coefficient (Wildman–Crippen LogP) is 1.11. The van der Waals surface area contributed by atoms with Gasteiger partial charge < -0.3 is 10.1 Å². The molecular weight excluding hydrogens is 130 g/mol. The van der Waals surface area contributed by atoms with Gasteiger partial charge >= 0.3 is 5.97 Å². The largest absolute Gasteiger partial charge is 0.478 e.